The van der Waals surface area contributed by atoms with Gasteiger partial charge in [-0.3, -0.25) is 4.79 Å². The highest BCUT2D eigenvalue weighted by atomic mass is 16.2. The van der Waals surface area contributed by atoms with Gasteiger partial charge in [0.2, 0.25) is 0 Å². The number of anilines is 1. The lowest BCUT2D eigenvalue weighted by Crippen LogP contribution is -2.29. The van der Waals surface area contributed by atoms with Gasteiger partial charge >= 0.3 is 0 Å². The number of hydrogen-bond acceptors (Lipinski definition) is 4. The third kappa shape index (κ3) is 3.33. The highest BCUT2D eigenvalue weighted by Gasteiger charge is 2.18. The van der Waals surface area contributed by atoms with Crippen molar-refractivity contribution in [1.82, 2.24) is 20.3 Å². The predicted molar refractivity (Wildman–Crippen MR) is 84.9 cm³/mol. The zero-order valence-electron chi connectivity index (χ0n) is 12.7. The molecule has 0 spiro atoms. The average Bonchev–Trinajstić information content (AvgIpc) is 3.06. The predicted octanol–water partition coefficient (Wildman–Crippen LogP) is 2.02. The molecular formula is C16H21N5O. The zero-order valence-corrected chi connectivity index (χ0v) is 12.7. The van der Waals surface area contributed by atoms with Crippen molar-refractivity contribution in [3.8, 4) is 0 Å². The average molecular weight is 299 g/mol. The maximum Gasteiger partial charge on any atom is 0.277 e. The summed E-state index contributed by atoms with van der Waals surface area (Å²) in [6.45, 7) is 4.05. The standard InChI is InChI=1S/C16H21N5O/c1-2-12-4-3-5-13(10-12)18-16(22)15-11-21(20-19-15)14-6-8-17-9-7-14/h3-5,10-11,14,17H,2,6-9H2,1H3,(H,18,22). The van der Waals surface area contributed by atoms with Crippen LogP contribution in [0.3, 0.4) is 0 Å². The van der Waals surface area contributed by atoms with Crippen LogP contribution in [-0.4, -0.2) is 34.0 Å². The smallest absolute Gasteiger partial charge is 0.277 e. The van der Waals surface area contributed by atoms with Crippen LogP contribution in [0, 0.1) is 0 Å². The molecule has 2 aromatic rings. The molecular weight excluding hydrogens is 278 g/mol. The molecule has 0 atom stereocenters. The van der Waals surface area contributed by atoms with E-state index in [1.165, 1.54) is 5.56 Å². The fourth-order valence-corrected chi connectivity index (χ4v) is 2.69. The Morgan fingerprint density at radius 3 is 3.00 bits per heavy atom. The fourth-order valence-electron chi connectivity index (χ4n) is 2.69. The van der Waals surface area contributed by atoms with Crippen molar-refractivity contribution in [2.45, 2.75) is 32.2 Å². The molecule has 2 N–H and O–H groups in total. The van der Waals surface area contributed by atoms with Crippen molar-refractivity contribution in [1.29, 1.82) is 0 Å². The van der Waals surface area contributed by atoms with E-state index in [0.717, 1.165) is 38.0 Å². The molecule has 2 heterocycles. The molecule has 6 heteroatoms. The molecule has 116 valence electrons. The van der Waals surface area contributed by atoms with E-state index in [2.05, 4.69) is 27.9 Å². The van der Waals surface area contributed by atoms with E-state index < -0.39 is 0 Å². The van der Waals surface area contributed by atoms with Crippen molar-refractivity contribution >= 4 is 11.6 Å². The van der Waals surface area contributed by atoms with Crippen molar-refractivity contribution < 1.29 is 4.79 Å². The first-order chi connectivity index (χ1) is 10.8. The van der Waals surface area contributed by atoms with Crippen LogP contribution >= 0.6 is 0 Å². The van der Waals surface area contributed by atoms with E-state index in [1.807, 2.05) is 28.9 Å². The van der Waals surface area contributed by atoms with Gasteiger partial charge in [-0.05, 0) is 50.0 Å². The second kappa shape index (κ2) is 6.70. The van der Waals surface area contributed by atoms with Crippen LogP contribution in [0.5, 0.6) is 0 Å². The van der Waals surface area contributed by atoms with E-state index in [1.54, 1.807) is 6.20 Å². The van der Waals surface area contributed by atoms with Gasteiger partial charge in [0.15, 0.2) is 5.69 Å². The normalized spacial score (nSPS) is 15.7. The number of hydrogen-bond donors (Lipinski definition) is 2. The van der Waals surface area contributed by atoms with Crippen LogP contribution in [-0.2, 0) is 6.42 Å². The van der Waals surface area contributed by atoms with Gasteiger partial charge in [0.05, 0.1) is 12.2 Å². The fraction of sp³-hybridized carbons (Fsp3) is 0.438. The quantitative estimate of drug-likeness (QED) is 0.906. The minimum absolute atomic E-state index is 0.214. The number of carbonyl (C=O) groups excluding carboxylic acids is 1. The van der Waals surface area contributed by atoms with Crippen molar-refractivity contribution in [2.24, 2.45) is 0 Å². The third-order valence-electron chi connectivity index (χ3n) is 4.02. The molecule has 0 aliphatic carbocycles. The highest BCUT2D eigenvalue weighted by molar-refractivity contribution is 6.02. The first-order valence-corrected chi connectivity index (χ1v) is 7.79. The third-order valence-corrected chi connectivity index (χ3v) is 4.02. The first-order valence-electron chi connectivity index (χ1n) is 7.79. The zero-order chi connectivity index (χ0) is 15.4. The van der Waals surface area contributed by atoms with Crippen LogP contribution in [0.2, 0.25) is 0 Å². The van der Waals surface area contributed by atoms with Gasteiger partial charge in [-0.1, -0.05) is 24.3 Å². The number of piperidine rings is 1. The molecule has 0 bridgehead atoms. The number of carbonyl (C=O) groups is 1. The molecule has 1 aromatic carbocycles. The summed E-state index contributed by atoms with van der Waals surface area (Å²) in [7, 11) is 0. The lowest BCUT2D eigenvalue weighted by atomic mass is 10.1. The molecule has 3 rings (SSSR count). The Kier molecular flexibility index (Phi) is 4.48. The van der Waals surface area contributed by atoms with Gasteiger partial charge in [0.1, 0.15) is 0 Å². The highest BCUT2D eigenvalue weighted by Crippen LogP contribution is 2.17. The van der Waals surface area contributed by atoms with Gasteiger partial charge in [0, 0.05) is 5.69 Å². The summed E-state index contributed by atoms with van der Waals surface area (Å²) in [5.74, 6) is -0.214. The second-order valence-corrected chi connectivity index (χ2v) is 5.57. The van der Waals surface area contributed by atoms with Crippen LogP contribution in [0.4, 0.5) is 5.69 Å². The minimum Gasteiger partial charge on any atom is -0.321 e. The minimum atomic E-state index is -0.214. The Hall–Kier alpha value is -2.21. The number of aryl methyl sites for hydroxylation is 1. The Labute approximate surface area is 129 Å². The van der Waals surface area contributed by atoms with E-state index in [-0.39, 0.29) is 5.91 Å². The molecule has 1 aromatic heterocycles. The van der Waals surface area contributed by atoms with Crippen LogP contribution in [0.25, 0.3) is 0 Å². The second-order valence-electron chi connectivity index (χ2n) is 5.57. The molecule has 1 aliphatic rings. The Balaban J connectivity index is 1.68. The lowest BCUT2D eigenvalue weighted by molar-refractivity contribution is 0.102. The van der Waals surface area contributed by atoms with E-state index in [0.29, 0.717) is 11.7 Å². The summed E-state index contributed by atoms with van der Waals surface area (Å²) in [6, 6.07) is 8.19. The maximum absolute atomic E-state index is 12.3. The summed E-state index contributed by atoms with van der Waals surface area (Å²) in [4.78, 5) is 12.3. The summed E-state index contributed by atoms with van der Waals surface area (Å²) in [5, 5.41) is 14.3. The maximum atomic E-state index is 12.3. The largest absolute Gasteiger partial charge is 0.321 e. The monoisotopic (exact) mass is 299 g/mol. The summed E-state index contributed by atoms with van der Waals surface area (Å²) in [6.07, 6.45) is 4.72. The molecule has 6 nitrogen and oxygen atoms in total. The van der Waals surface area contributed by atoms with E-state index >= 15 is 0 Å². The topological polar surface area (TPSA) is 71.8 Å². The van der Waals surface area contributed by atoms with Gasteiger partial charge in [0.25, 0.3) is 5.91 Å². The summed E-state index contributed by atoms with van der Waals surface area (Å²) < 4.78 is 1.82. The number of benzene rings is 1. The molecule has 0 saturated carbocycles. The number of nitrogens with one attached hydrogen (secondary N) is 2. The molecule has 1 saturated heterocycles. The van der Waals surface area contributed by atoms with Gasteiger partial charge in [-0.15, -0.1) is 5.10 Å². The molecule has 1 fully saturated rings. The van der Waals surface area contributed by atoms with E-state index in [4.69, 9.17) is 0 Å². The van der Waals surface area contributed by atoms with Crippen LogP contribution < -0.4 is 10.6 Å². The van der Waals surface area contributed by atoms with Crippen LogP contribution in [0.1, 0.15) is 41.9 Å². The lowest BCUT2D eigenvalue weighted by Gasteiger charge is -2.22. The SMILES string of the molecule is CCc1cccc(NC(=O)c2cn(C3CCNCC3)nn2)c1. The molecule has 1 amide bonds. The van der Waals surface area contributed by atoms with Crippen molar-refractivity contribution in [3.63, 3.8) is 0 Å². The van der Waals surface area contributed by atoms with Crippen molar-refractivity contribution in [3.05, 3.63) is 41.7 Å². The van der Waals surface area contributed by atoms with Crippen molar-refractivity contribution in [2.75, 3.05) is 18.4 Å². The Bertz CT molecular complexity index is 645. The molecule has 0 unspecified atom stereocenters. The Morgan fingerprint density at radius 1 is 1.41 bits per heavy atom. The molecule has 0 radical (unpaired) electrons. The van der Waals surface area contributed by atoms with E-state index in [9.17, 15) is 4.79 Å². The number of aromatic nitrogens is 3. The van der Waals surface area contributed by atoms with Crippen LogP contribution in [0.15, 0.2) is 30.5 Å². The number of amides is 1. The first kappa shape index (κ1) is 14.7. The Morgan fingerprint density at radius 2 is 2.23 bits per heavy atom. The van der Waals surface area contributed by atoms with Gasteiger partial charge in [-0.2, -0.15) is 0 Å². The molecule has 1 aliphatic heterocycles. The number of nitrogens with zero attached hydrogens (tertiary/aromatic N) is 3. The summed E-state index contributed by atoms with van der Waals surface area (Å²) in [5.41, 5.74) is 2.34. The number of rotatable bonds is 4. The van der Waals surface area contributed by atoms with Gasteiger partial charge in [-0.25, -0.2) is 4.68 Å². The van der Waals surface area contributed by atoms with Gasteiger partial charge < -0.3 is 10.6 Å². The molecule has 22 heavy (non-hydrogen) atoms. The summed E-state index contributed by atoms with van der Waals surface area (Å²) >= 11 is 0.